The van der Waals surface area contributed by atoms with Crippen LogP contribution in [0.4, 0.5) is 0 Å². The predicted molar refractivity (Wildman–Crippen MR) is 89.8 cm³/mol. The molecule has 0 aliphatic carbocycles. The largest absolute Gasteiger partial charge is 0.366 e. The fourth-order valence-electron chi connectivity index (χ4n) is 2.88. The van der Waals surface area contributed by atoms with Gasteiger partial charge in [0, 0.05) is 22.2 Å². The Bertz CT molecular complexity index is 1010. The lowest BCUT2D eigenvalue weighted by molar-refractivity contribution is 0.100. The van der Waals surface area contributed by atoms with Crippen molar-refractivity contribution in [1.82, 2.24) is 4.98 Å². The molecule has 106 valence electrons. The number of aromatic nitrogens is 1. The van der Waals surface area contributed by atoms with E-state index in [1.54, 1.807) is 6.07 Å². The Hall–Kier alpha value is -3.07. The molecular formula is C19H14N2O. The maximum atomic E-state index is 11.5. The monoisotopic (exact) mass is 286 g/mol. The normalized spacial score (nSPS) is 11.1. The van der Waals surface area contributed by atoms with Crippen LogP contribution in [0.25, 0.3) is 32.9 Å². The quantitative estimate of drug-likeness (QED) is 0.573. The lowest BCUT2D eigenvalue weighted by atomic mass is 10.0. The first-order valence-corrected chi connectivity index (χ1v) is 7.13. The van der Waals surface area contributed by atoms with Crippen LogP contribution in [0.3, 0.4) is 0 Å². The van der Waals surface area contributed by atoms with Gasteiger partial charge in [-0.2, -0.15) is 0 Å². The number of rotatable bonds is 2. The molecule has 1 aromatic heterocycles. The summed E-state index contributed by atoms with van der Waals surface area (Å²) in [7, 11) is 0. The molecule has 1 heterocycles. The highest BCUT2D eigenvalue weighted by Crippen LogP contribution is 2.28. The molecule has 3 aromatic carbocycles. The average Bonchev–Trinajstić information content (AvgIpc) is 2.98. The minimum atomic E-state index is -0.408. The Labute approximate surface area is 127 Å². The molecule has 0 aliphatic heterocycles. The maximum Gasteiger partial charge on any atom is 0.249 e. The van der Waals surface area contributed by atoms with Crippen molar-refractivity contribution in [3.05, 3.63) is 72.3 Å². The van der Waals surface area contributed by atoms with Crippen molar-refractivity contribution < 1.29 is 4.79 Å². The third-order valence-corrected chi connectivity index (χ3v) is 3.99. The molecule has 0 fully saturated rings. The number of amides is 1. The Morgan fingerprint density at radius 2 is 1.68 bits per heavy atom. The van der Waals surface area contributed by atoms with Gasteiger partial charge >= 0.3 is 0 Å². The fourth-order valence-corrected chi connectivity index (χ4v) is 2.88. The molecule has 3 nitrogen and oxygen atoms in total. The van der Waals surface area contributed by atoms with Gasteiger partial charge < -0.3 is 10.7 Å². The number of H-pyrrole nitrogens is 1. The van der Waals surface area contributed by atoms with Gasteiger partial charge in [0.2, 0.25) is 5.91 Å². The third kappa shape index (κ3) is 1.95. The minimum absolute atomic E-state index is 0.408. The number of fused-ring (bicyclic) bond motifs is 2. The molecule has 3 N–H and O–H groups in total. The van der Waals surface area contributed by atoms with E-state index in [1.165, 1.54) is 10.8 Å². The Morgan fingerprint density at radius 3 is 2.50 bits per heavy atom. The number of hydrogen-bond acceptors (Lipinski definition) is 1. The molecule has 0 bridgehead atoms. The smallest absolute Gasteiger partial charge is 0.249 e. The summed E-state index contributed by atoms with van der Waals surface area (Å²) in [5, 5.41) is 3.26. The van der Waals surface area contributed by atoms with Gasteiger partial charge in [-0.15, -0.1) is 0 Å². The predicted octanol–water partition coefficient (Wildman–Crippen LogP) is 4.09. The number of hydrogen-bond donors (Lipinski definition) is 2. The van der Waals surface area contributed by atoms with E-state index < -0.39 is 5.91 Å². The number of primary amides is 1. The first kappa shape index (κ1) is 12.7. The molecule has 3 heteroatoms. The molecular weight excluding hydrogens is 272 g/mol. The molecule has 0 radical (unpaired) electrons. The molecule has 4 aromatic rings. The van der Waals surface area contributed by atoms with E-state index in [0.29, 0.717) is 5.56 Å². The van der Waals surface area contributed by atoms with Crippen molar-refractivity contribution in [2.45, 2.75) is 0 Å². The first-order chi connectivity index (χ1) is 10.7. The van der Waals surface area contributed by atoms with E-state index in [-0.39, 0.29) is 0 Å². The van der Waals surface area contributed by atoms with Gasteiger partial charge in [-0.3, -0.25) is 4.79 Å². The van der Waals surface area contributed by atoms with E-state index >= 15 is 0 Å². The number of nitrogens with one attached hydrogen (secondary N) is 1. The van der Waals surface area contributed by atoms with Gasteiger partial charge in [-0.1, -0.05) is 42.5 Å². The van der Waals surface area contributed by atoms with Crippen LogP contribution in [-0.2, 0) is 0 Å². The highest BCUT2D eigenvalue weighted by Gasteiger charge is 2.10. The first-order valence-electron chi connectivity index (χ1n) is 7.13. The molecule has 0 unspecified atom stereocenters. The van der Waals surface area contributed by atoms with Crippen LogP contribution in [0.15, 0.2) is 66.7 Å². The SMILES string of the molecule is NC(=O)c1cccc2[nH]c(-c3ccc4ccccc4c3)cc12. The zero-order valence-electron chi connectivity index (χ0n) is 11.8. The number of benzene rings is 3. The molecule has 1 amide bonds. The second kappa shape index (κ2) is 4.74. The van der Waals surface area contributed by atoms with Crippen molar-refractivity contribution in [2.75, 3.05) is 0 Å². The molecule has 0 aliphatic rings. The van der Waals surface area contributed by atoms with Gasteiger partial charge in [-0.05, 0) is 40.6 Å². The molecule has 0 spiro atoms. The Balaban J connectivity index is 1.92. The number of carbonyl (C=O) groups excluding carboxylic acids is 1. The highest BCUT2D eigenvalue weighted by molar-refractivity contribution is 6.07. The maximum absolute atomic E-state index is 11.5. The summed E-state index contributed by atoms with van der Waals surface area (Å²) in [6.07, 6.45) is 0. The van der Waals surface area contributed by atoms with E-state index in [2.05, 4.69) is 35.3 Å². The van der Waals surface area contributed by atoms with Crippen molar-refractivity contribution >= 4 is 27.6 Å². The summed E-state index contributed by atoms with van der Waals surface area (Å²) in [5.41, 5.74) is 8.98. The molecule has 0 atom stereocenters. The zero-order chi connectivity index (χ0) is 15.1. The highest BCUT2D eigenvalue weighted by atomic mass is 16.1. The fraction of sp³-hybridized carbons (Fsp3) is 0. The van der Waals surface area contributed by atoms with Crippen molar-refractivity contribution in [2.24, 2.45) is 5.73 Å². The topological polar surface area (TPSA) is 58.9 Å². The summed E-state index contributed by atoms with van der Waals surface area (Å²) in [4.78, 5) is 14.9. The van der Waals surface area contributed by atoms with Gasteiger partial charge in [0.25, 0.3) is 0 Å². The van der Waals surface area contributed by atoms with Gasteiger partial charge in [-0.25, -0.2) is 0 Å². The van der Waals surface area contributed by atoms with Crippen molar-refractivity contribution in [3.8, 4) is 11.3 Å². The van der Waals surface area contributed by atoms with Crippen LogP contribution in [0.5, 0.6) is 0 Å². The Kier molecular flexibility index (Phi) is 2.73. The number of aromatic amines is 1. The average molecular weight is 286 g/mol. The molecule has 4 rings (SSSR count). The van der Waals surface area contributed by atoms with Gasteiger partial charge in [0.15, 0.2) is 0 Å². The minimum Gasteiger partial charge on any atom is -0.366 e. The third-order valence-electron chi connectivity index (χ3n) is 3.99. The van der Waals surface area contributed by atoms with Crippen LogP contribution in [0, 0.1) is 0 Å². The van der Waals surface area contributed by atoms with E-state index in [0.717, 1.165) is 22.2 Å². The Morgan fingerprint density at radius 1 is 0.864 bits per heavy atom. The standard InChI is InChI=1S/C19H14N2O/c20-19(22)15-6-3-7-17-16(15)11-18(21-17)14-9-8-12-4-1-2-5-13(12)10-14/h1-11,21H,(H2,20,22). The molecule has 22 heavy (non-hydrogen) atoms. The van der Waals surface area contributed by atoms with Crippen LogP contribution in [0.2, 0.25) is 0 Å². The zero-order valence-corrected chi connectivity index (χ0v) is 11.8. The van der Waals surface area contributed by atoms with Crippen molar-refractivity contribution in [3.63, 3.8) is 0 Å². The summed E-state index contributed by atoms with van der Waals surface area (Å²) >= 11 is 0. The number of nitrogens with two attached hydrogens (primary N) is 1. The molecule has 0 saturated heterocycles. The number of carbonyl (C=O) groups is 1. The van der Waals surface area contributed by atoms with Crippen LogP contribution >= 0.6 is 0 Å². The van der Waals surface area contributed by atoms with Crippen LogP contribution < -0.4 is 5.73 Å². The van der Waals surface area contributed by atoms with E-state index in [1.807, 2.05) is 30.3 Å². The summed E-state index contributed by atoms with van der Waals surface area (Å²) in [5.74, 6) is -0.408. The van der Waals surface area contributed by atoms with Crippen LogP contribution in [-0.4, -0.2) is 10.9 Å². The summed E-state index contributed by atoms with van der Waals surface area (Å²) in [6, 6.07) is 22.1. The van der Waals surface area contributed by atoms with Gasteiger partial charge in [0.1, 0.15) is 0 Å². The van der Waals surface area contributed by atoms with Crippen LogP contribution in [0.1, 0.15) is 10.4 Å². The van der Waals surface area contributed by atoms with Crippen molar-refractivity contribution in [1.29, 1.82) is 0 Å². The second-order valence-electron chi connectivity index (χ2n) is 5.38. The summed E-state index contributed by atoms with van der Waals surface area (Å²) in [6.45, 7) is 0. The lowest BCUT2D eigenvalue weighted by Crippen LogP contribution is -2.10. The van der Waals surface area contributed by atoms with Gasteiger partial charge in [0.05, 0.1) is 0 Å². The van der Waals surface area contributed by atoms with E-state index in [9.17, 15) is 4.79 Å². The lowest BCUT2D eigenvalue weighted by Gasteiger charge is -2.01. The summed E-state index contributed by atoms with van der Waals surface area (Å²) < 4.78 is 0. The van der Waals surface area contributed by atoms with E-state index in [4.69, 9.17) is 5.73 Å². The second-order valence-corrected chi connectivity index (χ2v) is 5.38. The molecule has 0 saturated carbocycles.